The van der Waals surface area contributed by atoms with Gasteiger partial charge in [0, 0.05) is 20.3 Å². The van der Waals surface area contributed by atoms with Gasteiger partial charge in [-0.05, 0) is 6.92 Å². The lowest BCUT2D eigenvalue weighted by Gasteiger charge is -2.05. The van der Waals surface area contributed by atoms with E-state index >= 15 is 0 Å². The molecule has 2 heterocycles. The van der Waals surface area contributed by atoms with Crippen LogP contribution in [-0.2, 0) is 28.4 Å². The number of thioether (sulfide) groups is 1. The number of hydrogen-bond donors (Lipinski definition) is 1. The topological polar surface area (TPSA) is 113 Å². The van der Waals surface area contributed by atoms with Gasteiger partial charge in [-0.1, -0.05) is 11.8 Å². The fraction of sp³-hybridized carbons (Fsp3) is 0.500. The predicted octanol–water partition coefficient (Wildman–Crippen LogP) is -0.00440. The van der Waals surface area contributed by atoms with Crippen molar-refractivity contribution in [2.75, 3.05) is 26.0 Å². The van der Waals surface area contributed by atoms with Gasteiger partial charge in [-0.2, -0.15) is 0 Å². The molecule has 0 atom stereocenters. The quantitative estimate of drug-likeness (QED) is 0.511. The van der Waals surface area contributed by atoms with Crippen LogP contribution in [0.1, 0.15) is 6.92 Å². The minimum atomic E-state index is -0.467. The second kappa shape index (κ2) is 8.51. The molecule has 0 aliphatic heterocycles. The Bertz CT molecular complexity index is 757. The summed E-state index contributed by atoms with van der Waals surface area (Å²) < 4.78 is 13.3. The van der Waals surface area contributed by atoms with E-state index in [1.165, 1.54) is 18.9 Å². The van der Waals surface area contributed by atoms with Gasteiger partial charge in [0.25, 0.3) is 0 Å². The number of hydrogen-bond acceptors (Lipinski definition) is 8. The van der Waals surface area contributed by atoms with Crippen molar-refractivity contribution in [1.29, 1.82) is 0 Å². The summed E-state index contributed by atoms with van der Waals surface area (Å²) in [5.74, 6) is 0.378. The van der Waals surface area contributed by atoms with Crippen molar-refractivity contribution in [3.63, 3.8) is 0 Å². The van der Waals surface area contributed by atoms with Gasteiger partial charge < -0.3 is 19.4 Å². The molecule has 0 spiro atoms. The lowest BCUT2D eigenvalue weighted by molar-refractivity contribution is -0.143. The SMILES string of the molecule is CCOC(=O)CNC(=O)CSc1nnc(-c2cn(C)nc2OC)n1C. The maximum atomic E-state index is 11.8. The number of ether oxygens (including phenoxy) is 2. The van der Waals surface area contributed by atoms with E-state index in [0.717, 1.165) is 0 Å². The Labute approximate surface area is 148 Å². The molecule has 2 rings (SSSR count). The van der Waals surface area contributed by atoms with Crippen molar-refractivity contribution in [3.05, 3.63) is 6.20 Å². The summed E-state index contributed by atoms with van der Waals surface area (Å²) in [7, 11) is 5.11. The Morgan fingerprint density at radius 1 is 1.32 bits per heavy atom. The van der Waals surface area contributed by atoms with E-state index < -0.39 is 5.97 Å². The van der Waals surface area contributed by atoms with Gasteiger partial charge in [0.1, 0.15) is 12.1 Å². The summed E-state index contributed by atoms with van der Waals surface area (Å²) >= 11 is 1.21. The van der Waals surface area contributed by atoms with E-state index in [-0.39, 0.29) is 24.8 Å². The van der Waals surface area contributed by atoms with Crippen LogP contribution in [0.2, 0.25) is 0 Å². The summed E-state index contributed by atoms with van der Waals surface area (Å²) in [6, 6.07) is 0. The molecule has 0 radical (unpaired) electrons. The zero-order valence-corrected chi connectivity index (χ0v) is 15.3. The van der Waals surface area contributed by atoms with Crippen molar-refractivity contribution in [1.82, 2.24) is 29.9 Å². The first kappa shape index (κ1) is 18.8. The van der Waals surface area contributed by atoms with E-state index in [2.05, 4.69) is 20.6 Å². The Morgan fingerprint density at radius 3 is 2.76 bits per heavy atom. The van der Waals surface area contributed by atoms with E-state index in [0.29, 0.717) is 22.4 Å². The molecule has 1 amide bonds. The van der Waals surface area contributed by atoms with Crippen LogP contribution < -0.4 is 10.1 Å². The molecular formula is C14H20N6O4S. The molecule has 0 fully saturated rings. The zero-order chi connectivity index (χ0) is 18.4. The summed E-state index contributed by atoms with van der Waals surface area (Å²) in [4.78, 5) is 23.0. The number of aromatic nitrogens is 5. The summed E-state index contributed by atoms with van der Waals surface area (Å²) in [6.45, 7) is 1.84. The van der Waals surface area contributed by atoms with Crippen molar-refractivity contribution in [2.45, 2.75) is 12.1 Å². The molecule has 11 heteroatoms. The molecule has 0 bridgehead atoms. The number of esters is 1. The van der Waals surface area contributed by atoms with Crippen LogP contribution in [0.5, 0.6) is 5.88 Å². The maximum Gasteiger partial charge on any atom is 0.325 e. The van der Waals surface area contributed by atoms with Gasteiger partial charge in [0.15, 0.2) is 11.0 Å². The Morgan fingerprint density at radius 2 is 2.08 bits per heavy atom. The second-order valence-corrected chi connectivity index (χ2v) is 5.90. The number of aryl methyl sites for hydroxylation is 1. The molecule has 0 saturated heterocycles. The monoisotopic (exact) mass is 368 g/mol. The third-order valence-corrected chi connectivity index (χ3v) is 4.15. The molecule has 2 aromatic heterocycles. The first-order chi connectivity index (χ1) is 12.0. The van der Waals surface area contributed by atoms with Crippen LogP contribution >= 0.6 is 11.8 Å². The summed E-state index contributed by atoms with van der Waals surface area (Å²) in [6.07, 6.45) is 1.78. The van der Waals surface area contributed by atoms with Crippen molar-refractivity contribution in [3.8, 4) is 17.3 Å². The molecule has 1 N–H and O–H groups in total. The Hall–Kier alpha value is -2.56. The highest BCUT2D eigenvalue weighted by Crippen LogP contribution is 2.28. The predicted molar refractivity (Wildman–Crippen MR) is 90.1 cm³/mol. The Kier molecular flexibility index (Phi) is 6.39. The zero-order valence-electron chi connectivity index (χ0n) is 14.5. The number of carbonyl (C=O) groups is 2. The first-order valence-corrected chi connectivity index (χ1v) is 8.47. The van der Waals surface area contributed by atoms with Gasteiger partial charge in [0.05, 0.1) is 19.5 Å². The molecule has 0 saturated carbocycles. The van der Waals surface area contributed by atoms with Gasteiger partial charge in [-0.15, -0.1) is 15.3 Å². The number of rotatable bonds is 8. The summed E-state index contributed by atoms with van der Waals surface area (Å²) in [5.41, 5.74) is 0.707. The summed E-state index contributed by atoms with van der Waals surface area (Å²) in [5, 5.41) is 15.5. The number of nitrogens with one attached hydrogen (secondary N) is 1. The standard InChI is InChI=1S/C14H20N6O4S/c1-5-24-11(22)6-15-10(21)8-25-14-17-16-12(20(14)3)9-7-19(2)18-13(9)23-4/h7H,5-6,8H2,1-4H3,(H,15,21). The van der Waals surface area contributed by atoms with Gasteiger partial charge >= 0.3 is 5.97 Å². The minimum Gasteiger partial charge on any atom is -0.479 e. The van der Waals surface area contributed by atoms with Crippen LogP contribution in [0.15, 0.2) is 11.4 Å². The third kappa shape index (κ3) is 4.72. The number of amides is 1. The molecular weight excluding hydrogens is 348 g/mol. The lowest BCUT2D eigenvalue weighted by Crippen LogP contribution is -2.31. The molecule has 25 heavy (non-hydrogen) atoms. The average Bonchev–Trinajstić information content (AvgIpc) is 3.13. The molecule has 0 aromatic carbocycles. The third-order valence-electron chi connectivity index (χ3n) is 3.13. The normalized spacial score (nSPS) is 10.6. The van der Waals surface area contributed by atoms with Crippen molar-refractivity contribution in [2.24, 2.45) is 14.1 Å². The number of carbonyl (C=O) groups excluding carboxylic acids is 2. The number of methoxy groups -OCH3 is 1. The van der Waals surface area contributed by atoms with Crippen LogP contribution in [0.3, 0.4) is 0 Å². The van der Waals surface area contributed by atoms with E-state index in [1.54, 1.807) is 36.5 Å². The van der Waals surface area contributed by atoms with Gasteiger partial charge in [-0.3, -0.25) is 14.3 Å². The van der Waals surface area contributed by atoms with E-state index in [9.17, 15) is 9.59 Å². The highest BCUT2D eigenvalue weighted by Gasteiger charge is 2.19. The van der Waals surface area contributed by atoms with E-state index in [1.807, 2.05) is 0 Å². The molecule has 10 nitrogen and oxygen atoms in total. The smallest absolute Gasteiger partial charge is 0.325 e. The van der Waals surface area contributed by atoms with Crippen molar-refractivity contribution >= 4 is 23.6 Å². The molecule has 0 unspecified atom stereocenters. The number of nitrogens with zero attached hydrogens (tertiary/aromatic N) is 5. The largest absolute Gasteiger partial charge is 0.479 e. The fourth-order valence-corrected chi connectivity index (χ4v) is 2.75. The molecule has 136 valence electrons. The van der Waals surface area contributed by atoms with Gasteiger partial charge in [0.2, 0.25) is 11.8 Å². The maximum absolute atomic E-state index is 11.8. The van der Waals surface area contributed by atoms with E-state index in [4.69, 9.17) is 9.47 Å². The van der Waals surface area contributed by atoms with Crippen LogP contribution in [-0.4, -0.2) is 62.4 Å². The highest BCUT2D eigenvalue weighted by atomic mass is 32.2. The Balaban J connectivity index is 1.97. The van der Waals surface area contributed by atoms with Crippen molar-refractivity contribution < 1.29 is 19.1 Å². The first-order valence-electron chi connectivity index (χ1n) is 7.48. The minimum absolute atomic E-state index is 0.107. The lowest BCUT2D eigenvalue weighted by atomic mass is 10.3. The second-order valence-electron chi connectivity index (χ2n) is 4.96. The fourth-order valence-electron chi connectivity index (χ4n) is 2.01. The highest BCUT2D eigenvalue weighted by molar-refractivity contribution is 7.99. The average molecular weight is 368 g/mol. The van der Waals surface area contributed by atoms with Gasteiger partial charge in [-0.25, -0.2) is 0 Å². The van der Waals surface area contributed by atoms with Crippen LogP contribution in [0.25, 0.3) is 11.4 Å². The molecule has 2 aromatic rings. The van der Waals surface area contributed by atoms with Crippen LogP contribution in [0.4, 0.5) is 0 Å². The molecule has 0 aliphatic carbocycles. The van der Waals surface area contributed by atoms with Crippen LogP contribution in [0, 0.1) is 0 Å². The molecule has 0 aliphatic rings.